The second kappa shape index (κ2) is 13.4. The van der Waals surface area contributed by atoms with Gasteiger partial charge >= 0.3 is 0 Å². The fraction of sp³-hybridized carbons (Fsp3) is 0. The molecule has 0 fully saturated rings. The van der Waals surface area contributed by atoms with E-state index in [2.05, 4.69) is 217 Å². The molecule has 0 radical (unpaired) electrons. The predicted molar refractivity (Wildman–Crippen MR) is 226 cm³/mol. The number of hydrogen-bond donors (Lipinski definition) is 0. The summed E-state index contributed by atoms with van der Waals surface area (Å²) < 4.78 is 7.07. The number of rotatable bonds is 6. The average molecular weight is 690 g/mol. The maximum Gasteiger partial charge on any atom is 0.137 e. The summed E-state index contributed by atoms with van der Waals surface area (Å²) in [5, 5.41) is 2.33. The second-order valence-electron chi connectivity index (χ2n) is 13.7. The van der Waals surface area contributed by atoms with Crippen molar-refractivity contribution < 1.29 is 4.74 Å². The molecule has 9 aromatic rings. The van der Waals surface area contributed by atoms with Gasteiger partial charge in [-0.1, -0.05) is 164 Å². The Hall–Kier alpha value is -7.16. The van der Waals surface area contributed by atoms with Crippen LogP contribution in [0.1, 0.15) is 0 Å². The standard InChI is InChI=1S/C52H35NO/c1-4-14-36(15-5-1)38-26-30-43(31-27-38)53(44-32-28-39(29-33-44)37-16-6-2-7-17-37)48-24-13-25-49-52(48)51-45(40-18-8-3-9-19-40)22-12-23-46(51)47-34-41-20-10-11-21-42(41)35-50(47)54-49/h1-35H. The van der Waals surface area contributed by atoms with Crippen molar-refractivity contribution in [3.8, 4) is 67.1 Å². The summed E-state index contributed by atoms with van der Waals surface area (Å²) in [7, 11) is 0. The zero-order valence-electron chi connectivity index (χ0n) is 29.6. The molecule has 54 heavy (non-hydrogen) atoms. The molecule has 1 heterocycles. The predicted octanol–water partition coefficient (Wildman–Crippen LogP) is 14.8. The molecule has 0 atom stereocenters. The molecule has 0 unspecified atom stereocenters. The van der Waals surface area contributed by atoms with Crippen LogP contribution in [0.4, 0.5) is 17.1 Å². The van der Waals surface area contributed by atoms with Crippen LogP contribution in [-0.4, -0.2) is 0 Å². The first kappa shape index (κ1) is 31.6. The van der Waals surface area contributed by atoms with E-state index in [-0.39, 0.29) is 0 Å². The van der Waals surface area contributed by atoms with Crippen molar-refractivity contribution in [2.75, 3.05) is 4.90 Å². The number of hydrogen-bond acceptors (Lipinski definition) is 2. The van der Waals surface area contributed by atoms with Gasteiger partial charge in [0.1, 0.15) is 11.5 Å². The Bertz CT molecular complexity index is 2670. The van der Waals surface area contributed by atoms with Crippen LogP contribution in [0.2, 0.25) is 0 Å². The zero-order valence-corrected chi connectivity index (χ0v) is 29.6. The summed E-state index contributed by atoms with van der Waals surface area (Å²) in [4.78, 5) is 2.38. The highest BCUT2D eigenvalue weighted by Gasteiger charge is 2.29. The Labute approximate surface area is 315 Å². The largest absolute Gasteiger partial charge is 0.456 e. The van der Waals surface area contributed by atoms with Crippen molar-refractivity contribution >= 4 is 27.8 Å². The van der Waals surface area contributed by atoms with E-state index in [0.29, 0.717) is 0 Å². The summed E-state index contributed by atoms with van der Waals surface area (Å²) in [5.74, 6) is 1.67. The zero-order chi connectivity index (χ0) is 35.8. The molecule has 0 saturated carbocycles. The van der Waals surface area contributed by atoms with Gasteiger partial charge in [0.2, 0.25) is 0 Å². The normalized spacial score (nSPS) is 11.5. The molecule has 0 spiro atoms. The van der Waals surface area contributed by atoms with E-state index >= 15 is 0 Å². The first-order valence-electron chi connectivity index (χ1n) is 18.4. The molecule has 0 bridgehead atoms. The van der Waals surface area contributed by atoms with Crippen LogP contribution >= 0.6 is 0 Å². The molecule has 0 aromatic heterocycles. The molecule has 0 saturated heterocycles. The van der Waals surface area contributed by atoms with Crippen LogP contribution < -0.4 is 9.64 Å². The summed E-state index contributed by atoms with van der Waals surface area (Å²) in [6, 6.07) is 75.8. The first-order chi connectivity index (χ1) is 26.8. The Balaban J connectivity index is 1.23. The molecule has 1 aliphatic heterocycles. The van der Waals surface area contributed by atoms with Crippen LogP contribution in [0, 0.1) is 0 Å². The van der Waals surface area contributed by atoms with Gasteiger partial charge in [-0.25, -0.2) is 0 Å². The lowest BCUT2D eigenvalue weighted by Crippen LogP contribution is -2.12. The molecule has 0 amide bonds. The molecule has 0 N–H and O–H groups in total. The van der Waals surface area contributed by atoms with E-state index in [1.807, 2.05) is 0 Å². The van der Waals surface area contributed by atoms with Crippen LogP contribution in [0.5, 0.6) is 11.5 Å². The van der Waals surface area contributed by atoms with Crippen molar-refractivity contribution in [3.05, 3.63) is 212 Å². The number of nitrogens with zero attached hydrogens (tertiary/aromatic N) is 1. The van der Waals surface area contributed by atoms with Crippen molar-refractivity contribution in [1.29, 1.82) is 0 Å². The summed E-state index contributed by atoms with van der Waals surface area (Å²) in [5.41, 5.74) is 14.6. The Morgan fingerprint density at radius 1 is 0.296 bits per heavy atom. The van der Waals surface area contributed by atoms with Gasteiger partial charge in [0.15, 0.2) is 0 Å². The van der Waals surface area contributed by atoms with Crippen molar-refractivity contribution in [1.82, 2.24) is 0 Å². The minimum atomic E-state index is 0.818. The quantitative estimate of drug-likeness (QED) is 0.172. The molecular weight excluding hydrogens is 655 g/mol. The van der Waals surface area contributed by atoms with E-state index in [1.165, 1.54) is 27.6 Å². The number of benzene rings is 9. The average Bonchev–Trinajstić information content (AvgIpc) is 3.39. The highest BCUT2D eigenvalue weighted by Crippen LogP contribution is 2.55. The molecule has 10 rings (SSSR count). The van der Waals surface area contributed by atoms with Gasteiger partial charge < -0.3 is 9.64 Å². The number of anilines is 3. The highest BCUT2D eigenvalue weighted by atomic mass is 16.5. The van der Waals surface area contributed by atoms with Crippen LogP contribution in [0.15, 0.2) is 212 Å². The molecule has 2 heteroatoms. The number of fused-ring (bicyclic) bond motifs is 6. The fourth-order valence-electron chi connectivity index (χ4n) is 7.87. The van der Waals surface area contributed by atoms with Gasteiger partial charge in [0.25, 0.3) is 0 Å². The monoisotopic (exact) mass is 689 g/mol. The van der Waals surface area contributed by atoms with Gasteiger partial charge in [0, 0.05) is 28.1 Å². The lowest BCUT2D eigenvalue weighted by Gasteiger charge is -2.29. The van der Waals surface area contributed by atoms with Gasteiger partial charge in [-0.2, -0.15) is 0 Å². The van der Waals surface area contributed by atoms with Gasteiger partial charge in [-0.15, -0.1) is 0 Å². The van der Waals surface area contributed by atoms with Crippen molar-refractivity contribution in [2.24, 2.45) is 0 Å². The topological polar surface area (TPSA) is 12.5 Å². The lowest BCUT2D eigenvalue weighted by atomic mass is 9.86. The maximum absolute atomic E-state index is 7.07. The van der Waals surface area contributed by atoms with Crippen LogP contribution in [0.25, 0.3) is 66.4 Å². The Kier molecular flexibility index (Phi) is 7.85. The summed E-state index contributed by atoms with van der Waals surface area (Å²) >= 11 is 0. The minimum absolute atomic E-state index is 0.818. The summed E-state index contributed by atoms with van der Waals surface area (Å²) in [6.07, 6.45) is 0. The van der Waals surface area contributed by atoms with E-state index in [9.17, 15) is 0 Å². The van der Waals surface area contributed by atoms with Crippen molar-refractivity contribution in [2.45, 2.75) is 0 Å². The van der Waals surface area contributed by atoms with E-state index < -0.39 is 0 Å². The first-order valence-corrected chi connectivity index (χ1v) is 18.4. The third-order valence-electron chi connectivity index (χ3n) is 10.5. The highest BCUT2D eigenvalue weighted by molar-refractivity contribution is 6.06. The molecule has 2 nitrogen and oxygen atoms in total. The fourth-order valence-corrected chi connectivity index (χ4v) is 7.87. The van der Waals surface area contributed by atoms with Gasteiger partial charge in [-0.05, 0) is 98.2 Å². The molecule has 254 valence electrons. The van der Waals surface area contributed by atoms with E-state index in [1.54, 1.807) is 0 Å². The number of ether oxygens (including phenoxy) is 1. The molecular formula is C52H35NO. The molecule has 9 aromatic carbocycles. The van der Waals surface area contributed by atoms with E-state index in [4.69, 9.17) is 4.74 Å². The van der Waals surface area contributed by atoms with E-state index in [0.717, 1.165) is 67.3 Å². The minimum Gasteiger partial charge on any atom is -0.456 e. The van der Waals surface area contributed by atoms with Crippen LogP contribution in [0.3, 0.4) is 0 Å². The third-order valence-corrected chi connectivity index (χ3v) is 10.5. The lowest BCUT2D eigenvalue weighted by molar-refractivity contribution is 0.488. The van der Waals surface area contributed by atoms with Crippen LogP contribution in [-0.2, 0) is 0 Å². The Morgan fingerprint density at radius 3 is 1.37 bits per heavy atom. The molecule has 0 aliphatic carbocycles. The van der Waals surface area contributed by atoms with Gasteiger partial charge in [0.05, 0.1) is 5.69 Å². The molecule has 1 aliphatic rings. The second-order valence-corrected chi connectivity index (χ2v) is 13.7. The SMILES string of the molecule is c1ccc(-c2ccc(N(c3ccc(-c4ccccc4)cc3)c3cccc4c3-c3c(-c5ccccc5)cccc3-c3cc5ccccc5cc3O4)cc2)cc1. The third kappa shape index (κ3) is 5.62. The smallest absolute Gasteiger partial charge is 0.137 e. The van der Waals surface area contributed by atoms with Crippen molar-refractivity contribution in [3.63, 3.8) is 0 Å². The maximum atomic E-state index is 7.07. The summed E-state index contributed by atoms with van der Waals surface area (Å²) in [6.45, 7) is 0. The Morgan fingerprint density at radius 2 is 0.778 bits per heavy atom. The van der Waals surface area contributed by atoms with Gasteiger partial charge in [-0.3, -0.25) is 0 Å².